The molecule has 2 aromatic rings. The Bertz CT molecular complexity index is 743. The molecule has 112 valence electrons. The first kappa shape index (κ1) is 14.2. The zero-order chi connectivity index (χ0) is 15.1. The van der Waals surface area contributed by atoms with Crippen molar-refractivity contribution in [2.45, 2.75) is 32.2 Å². The first-order valence-corrected chi connectivity index (χ1v) is 7.33. The standard InChI is InChI=1S/C16H21N3O2/c1-9-6-12(10(2)17)14-13(7-9)16(20)19(3)15(18-14)11-4-5-21-8-11/h6-7,10-11H,4-5,8,17H2,1-3H3/t10-,11?/m1/s1. The van der Waals surface area contributed by atoms with Gasteiger partial charge in [-0.05, 0) is 37.5 Å². The minimum atomic E-state index is -0.153. The predicted molar refractivity (Wildman–Crippen MR) is 82.5 cm³/mol. The maximum absolute atomic E-state index is 12.7. The molecule has 0 bridgehead atoms. The molecule has 1 saturated heterocycles. The summed E-state index contributed by atoms with van der Waals surface area (Å²) in [5, 5.41) is 0.646. The highest BCUT2D eigenvalue weighted by Gasteiger charge is 2.24. The van der Waals surface area contributed by atoms with E-state index in [1.54, 1.807) is 11.6 Å². The van der Waals surface area contributed by atoms with Gasteiger partial charge in [0.05, 0.1) is 17.5 Å². The summed E-state index contributed by atoms with van der Waals surface area (Å²) in [6.45, 7) is 5.26. The smallest absolute Gasteiger partial charge is 0.261 e. The SMILES string of the molecule is Cc1cc([C@@H](C)N)c2nc(C3CCOC3)n(C)c(=O)c2c1. The number of ether oxygens (including phenoxy) is 1. The van der Waals surface area contributed by atoms with Crippen LogP contribution in [0.25, 0.3) is 10.9 Å². The van der Waals surface area contributed by atoms with Gasteiger partial charge in [-0.3, -0.25) is 9.36 Å². The van der Waals surface area contributed by atoms with Crippen LogP contribution in [0.1, 0.15) is 42.3 Å². The summed E-state index contributed by atoms with van der Waals surface area (Å²) < 4.78 is 7.09. The van der Waals surface area contributed by atoms with Crippen LogP contribution < -0.4 is 11.3 Å². The first-order valence-electron chi connectivity index (χ1n) is 7.33. The quantitative estimate of drug-likeness (QED) is 0.914. The molecule has 1 unspecified atom stereocenters. The Kier molecular flexibility index (Phi) is 3.55. The Morgan fingerprint density at radius 3 is 2.86 bits per heavy atom. The van der Waals surface area contributed by atoms with E-state index in [4.69, 9.17) is 15.5 Å². The van der Waals surface area contributed by atoms with Crippen molar-refractivity contribution in [1.29, 1.82) is 0 Å². The molecular weight excluding hydrogens is 266 g/mol. The third kappa shape index (κ3) is 2.36. The maximum atomic E-state index is 12.7. The fourth-order valence-corrected chi connectivity index (χ4v) is 3.02. The summed E-state index contributed by atoms with van der Waals surface area (Å²) in [5.41, 5.74) is 8.76. The molecule has 0 aliphatic carbocycles. The van der Waals surface area contributed by atoms with Crippen LogP contribution in [0, 0.1) is 6.92 Å². The molecule has 1 aliphatic rings. The van der Waals surface area contributed by atoms with Crippen LogP contribution in [-0.2, 0) is 11.8 Å². The number of benzene rings is 1. The van der Waals surface area contributed by atoms with Crippen molar-refractivity contribution < 1.29 is 4.74 Å². The Balaban J connectivity index is 2.33. The highest BCUT2D eigenvalue weighted by atomic mass is 16.5. The fourth-order valence-electron chi connectivity index (χ4n) is 3.02. The molecule has 0 radical (unpaired) electrons. The van der Waals surface area contributed by atoms with Crippen LogP contribution in [0.2, 0.25) is 0 Å². The van der Waals surface area contributed by atoms with E-state index in [9.17, 15) is 4.79 Å². The highest BCUT2D eigenvalue weighted by Crippen LogP contribution is 2.26. The van der Waals surface area contributed by atoms with Crippen molar-refractivity contribution in [2.75, 3.05) is 13.2 Å². The second kappa shape index (κ2) is 5.24. The van der Waals surface area contributed by atoms with Gasteiger partial charge in [0, 0.05) is 25.6 Å². The normalized spacial score (nSPS) is 20.1. The minimum absolute atomic E-state index is 0.00694. The third-order valence-electron chi connectivity index (χ3n) is 4.17. The lowest BCUT2D eigenvalue weighted by molar-refractivity contribution is 0.192. The van der Waals surface area contributed by atoms with Crippen LogP contribution in [0.15, 0.2) is 16.9 Å². The number of rotatable bonds is 2. The third-order valence-corrected chi connectivity index (χ3v) is 4.17. The molecule has 1 aromatic carbocycles. The van der Waals surface area contributed by atoms with Gasteiger partial charge < -0.3 is 10.5 Å². The van der Waals surface area contributed by atoms with Gasteiger partial charge in [-0.25, -0.2) is 4.98 Å². The van der Waals surface area contributed by atoms with E-state index in [2.05, 4.69) is 0 Å². The van der Waals surface area contributed by atoms with Crippen LogP contribution in [0.4, 0.5) is 0 Å². The Morgan fingerprint density at radius 2 is 2.24 bits per heavy atom. The van der Waals surface area contributed by atoms with E-state index in [1.807, 2.05) is 26.0 Å². The summed E-state index contributed by atoms with van der Waals surface area (Å²) in [6.07, 6.45) is 0.908. The van der Waals surface area contributed by atoms with Gasteiger partial charge in [-0.15, -0.1) is 0 Å². The van der Waals surface area contributed by atoms with Crippen LogP contribution in [-0.4, -0.2) is 22.8 Å². The number of hydrogen-bond donors (Lipinski definition) is 1. The molecule has 5 nitrogen and oxygen atoms in total. The Morgan fingerprint density at radius 1 is 1.48 bits per heavy atom. The number of nitrogens with zero attached hydrogens (tertiary/aromatic N) is 2. The topological polar surface area (TPSA) is 70.1 Å². The molecule has 0 spiro atoms. The van der Waals surface area contributed by atoms with E-state index >= 15 is 0 Å². The lowest BCUT2D eigenvalue weighted by Crippen LogP contribution is -2.25. The molecule has 2 atom stereocenters. The summed E-state index contributed by atoms with van der Waals surface area (Å²) in [4.78, 5) is 17.5. The minimum Gasteiger partial charge on any atom is -0.381 e. The van der Waals surface area contributed by atoms with Gasteiger partial charge in [-0.1, -0.05) is 6.07 Å². The average molecular weight is 287 g/mol. The molecule has 2 heterocycles. The van der Waals surface area contributed by atoms with Gasteiger partial charge >= 0.3 is 0 Å². The van der Waals surface area contributed by atoms with Crippen molar-refractivity contribution in [3.8, 4) is 0 Å². The van der Waals surface area contributed by atoms with E-state index in [0.717, 1.165) is 35.5 Å². The van der Waals surface area contributed by atoms with Crippen molar-refractivity contribution in [2.24, 2.45) is 12.8 Å². The lowest BCUT2D eigenvalue weighted by atomic mass is 10.0. The fraction of sp³-hybridized carbons (Fsp3) is 0.500. The van der Waals surface area contributed by atoms with E-state index < -0.39 is 0 Å². The van der Waals surface area contributed by atoms with Crippen LogP contribution in [0.3, 0.4) is 0 Å². The average Bonchev–Trinajstić information content (AvgIpc) is 2.96. The maximum Gasteiger partial charge on any atom is 0.261 e. The van der Waals surface area contributed by atoms with Gasteiger partial charge in [-0.2, -0.15) is 0 Å². The second-order valence-electron chi connectivity index (χ2n) is 5.93. The Labute approximate surface area is 123 Å². The zero-order valence-corrected chi connectivity index (χ0v) is 12.7. The van der Waals surface area contributed by atoms with E-state index in [0.29, 0.717) is 12.0 Å². The molecular formula is C16H21N3O2. The number of hydrogen-bond acceptors (Lipinski definition) is 4. The molecule has 21 heavy (non-hydrogen) atoms. The van der Waals surface area contributed by atoms with Crippen molar-refractivity contribution >= 4 is 10.9 Å². The second-order valence-corrected chi connectivity index (χ2v) is 5.93. The van der Waals surface area contributed by atoms with Gasteiger partial charge in [0.15, 0.2) is 0 Å². The van der Waals surface area contributed by atoms with Crippen molar-refractivity contribution in [1.82, 2.24) is 9.55 Å². The first-order chi connectivity index (χ1) is 9.99. The largest absolute Gasteiger partial charge is 0.381 e. The molecule has 2 N–H and O–H groups in total. The highest BCUT2D eigenvalue weighted by molar-refractivity contribution is 5.82. The number of aryl methyl sites for hydroxylation is 1. The molecule has 3 rings (SSSR count). The summed E-state index contributed by atoms with van der Waals surface area (Å²) >= 11 is 0. The van der Waals surface area contributed by atoms with Gasteiger partial charge in [0.25, 0.3) is 5.56 Å². The number of nitrogens with two attached hydrogens (primary N) is 1. The summed E-state index contributed by atoms with van der Waals surface area (Å²) in [6, 6.07) is 3.76. The monoisotopic (exact) mass is 287 g/mol. The molecule has 1 fully saturated rings. The van der Waals surface area contributed by atoms with Crippen LogP contribution in [0.5, 0.6) is 0 Å². The predicted octanol–water partition coefficient (Wildman–Crippen LogP) is 1.77. The summed E-state index contributed by atoms with van der Waals surface area (Å²) in [7, 11) is 1.79. The summed E-state index contributed by atoms with van der Waals surface area (Å²) in [5.74, 6) is 0.991. The van der Waals surface area contributed by atoms with E-state index in [-0.39, 0.29) is 17.5 Å². The van der Waals surface area contributed by atoms with Crippen molar-refractivity contribution in [3.63, 3.8) is 0 Å². The van der Waals surface area contributed by atoms with Gasteiger partial charge in [0.1, 0.15) is 5.82 Å². The van der Waals surface area contributed by atoms with Crippen LogP contribution >= 0.6 is 0 Å². The molecule has 5 heteroatoms. The molecule has 0 amide bonds. The number of fused-ring (bicyclic) bond motifs is 1. The molecule has 1 aliphatic heterocycles. The Hall–Kier alpha value is -1.72. The molecule has 1 aromatic heterocycles. The van der Waals surface area contributed by atoms with E-state index in [1.165, 1.54) is 0 Å². The lowest BCUT2D eigenvalue weighted by Gasteiger charge is -2.17. The van der Waals surface area contributed by atoms with Gasteiger partial charge in [0.2, 0.25) is 0 Å². The number of aromatic nitrogens is 2. The molecule has 0 saturated carbocycles. The van der Waals surface area contributed by atoms with Crippen molar-refractivity contribution in [3.05, 3.63) is 39.4 Å². The zero-order valence-electron chi connectivity index (χ0n) is 12.7.